The summed E-state index contributed by atoms with van der Waals surface area (Å²) in [6.45, 7) is 2.42. The minimum Gasteiger partial charge on any atom is -0.392 e. The third kappa shape index (κ3) is 7.04. The van der Waals surface area contributed by atoms with E-state index >= 15 is 0 Å². The minimum atomic E-state index is -0.711. The first-order valence-corrected chi connectivity index (χ1v) is 5.32. The quantitative estimate of drug-likeness (QED) is 0.363. The van der Waals surface area contributed by atoms with Crippen molar-refractivity contribution in [2.45, 2.75) is 45.1 Å². The summed E-state index contributed by atoms with van der Waals surface area (Å²) < 4.78 is 4.55. The Morgan fingerprint density at radius 3 is 2.53 bits per heavy atom. The highest BCUT2D eigenvalue weighted by atomic mass is 16.6. The predicted octanol–water partition coefficient (Wildman–Crippen LogP) is 0.313. The van der Waals surface area contributed by atoms with E-state index in [4.69, 9.17) is 11.5 Å². The van der Waals surface area contributed by atoms with Crippen LogP contribution >= 0.6 is 0 Å². The van der Waals surface area contributed by atoms with Crippen LogP contribution in [-0.4, -0.2) is 24.5 Å². The maximum absolute atomic E-state index is 11.2. The van der Waals surface area contributed by atoms with Gasteiger partial charge in [0.05, 0.1) is 0 Å². The number of carbonyl (C=O) groups is 2. The van der Waals surface area contributed by atoms with Gasteiger partial charge in [0.2, 0.25) is 0 Å². The Morgan fingerprint density at radius 1 is 1.33 bits per heavy atom. The fourth-order valence-corrected chi connectivity index (χ4v) is 1.07. The molecule has 0 aliphatic heterocycles. The number of unbranched alkanes of at least 4 members (excludes halogenated alkanes) is 1. The second kappa shape index (κ2) is 8.38. The Morgan fingerprint density at radius 2 is 2.00 bits per heavy atom. The maximum atomic E-state index is 11.2. The lowest BCUT2D eigenvalue weighted by atomic mass is 10.1. The first-order chi connectivity index (χ1) is 7.11. The molecule has 0 bridgehead atoms. The molecule has 1 atom stereocenters. The second-order valence-corrected chi connectivity index (χ2v) is 3.43. The van der Waals surface area contributed by atoms with Crippen LogP contribution in [0.25, 0.3) is 0 Å². The van der Waals surface area contributed by atoms with E-state index in [2.05, 4.69) is 4.74 Å². The summed E-state index contributed by atoms with van der Waals surface area (Å²) in [5, 5.41) is 0. The van der Waals surface area contributed by atoms with Crippen LogP contribution in [0, 0.1) is 0 Å². The largest absolute Gasteiger partial charge is 0.392 e. The molecule has 5 nitrogen and oxygen atoms in total. The molecule has 0 aromatic carbocycles. The molecule has 15 heavy (non-hydrogen) atoms. The van der Waals surface area contributed by atoms with Gasteiger partial charge >= 0.3 is 11.9 Å². The van der Waals surface area contributed by atoms with Gasteiger partial charge in [0, 0.05) is 6.42 Å². The first-order valence-electron chi connectivity index (χ1n) is 5.32. The van der Waals surface area contributed by atoms with Crippen LogP contribution in [0.2, 0.25) is 0 Å². The smallest absolute Gasteiger partial charge is 0.330 e. The molecule has 0 aromatic heterocycles. The molecule has 4 N–H and O–H groups in total. The van der Waals surface area contributed by atoms with Crippen molar-refractivity contribution >= 4 is 11.9 Å². The molecule has 0 aromatic rings. The van der Waals surface area contributed by atoms with Crippen LogP contribution in [0.15, 0.2) is 0 Å². The summed E-state index contributed by atoms with van der Waals surface area (Å²) in [6.07, 6.45) is 3.02. The van der Waals surface area contributed by atoms with E-state index in [0.29, 0.717) is 19.4 Å². The number of hydrogen-bond acceptors (Lipinski definition) is 5. The minimum absolute atomic E-state index is 0.251. The van der Waals surface area contributed by atoms with Crippen molar-refractivity contribution in [2.24, 2.45) is 11.5 Å². The van der Waals surface area contributed by atoms with E-state index in [1.165, 1.54) is 0 Å². The van der Waals surface area contributed by atoms with E-state index < -0.39 is 18.0 Å². The van der Waals surface area contributed by atoms with E-state index in [0.717, 1.165) is 12.8 Å². The monoisotopic (exact) mass is 216 g/mol. The zero-order chi connectivity index (χ0) is 11.7. The normalized spacial score (nSPS) is 12.2. The summed E-state index contributed by atoms with van der Waals surface area (Å²) in [7, 11) is 0. The van der Waals surface area contributed by atoms with Crippen LogP contribution in [0.1, 0.15) is 39.0 Å². The number of hydrogen-bond donors (Lipinski definition) is 2. The molecule has 0 aliphatic carbocycles. The zero-order valence-corrected chi connectivity index (χ0v) is 9.20. The van der Waals surface area contributed by atoms with E-state index in [-0.39, 0.29) is 6.42 Å². The number of esters is 2. The van der Waals surface area contributed by atoms with E-state index in [1.807, 2.05) is 6.92 Å². The van der Waals surface area contributed by atoms with Crippen molar-refractivity contribution in [3.05, 3.63) is 0 Å². The molecule has 0 unspecified atom stereocenters. The van der Waals surface area contributed by atoms with Gasteiger partial charge < -0.3 is 16.2 Å². The number of rotatable bonds is 7. The maximum Gasteiger partial charge on any atom is 0.330 e. The topological polar surface area (TPSA) is 95.4 Å². The van der Waals surface area contributed by atoms with Crippen molar-refractivity contribution < 1.29 is 14.3 Å². The first kappa shape index (κ1) is 14.1. The fraction of sp³-hybridized carbons (Fsp3) is 0.800. The van der Waals surface area contributed by atoms with Gasteiger partial charge in [-0.15, -0.1) is 0 Å². The van der Waals surface area contributed by atoms with Crippen LogP contribution in [-0.2, 0) is 14.3 Å². The summed E-state index contributed by atoms with van der Waals surface area (Å²) in [5.74, 6) is -1.14. The highest BCUT2D eigenvalue weighted by molar-refractivity contribution is 5.88. The summed E-state index contributed by atoms with van der Waals surface area (Å²) in [4.78, 5) is 22.2. The summed E-state index contributed by atoms with van der Waals surface area (Å²) in [5.41, 5.74) is 10.8. The highest BCUT2D eigenvalue weighted by Crippen LogP contribution is 2.01. The fourth-order valence-electron chi connectivity index (χ4n) is 1.07. The molecule has 0 amide bonds. The van der Waals surface area contributed by atoms with E-state index in [1.54, 1.807) is 0 Å². The van der Waals surface area contributed by atoms with Crippen LogP contribution < -0.4 is 11.5 Å². The molecular formula is C10H20N2O3. The molecular weight excluding hydrogens is 196 g/mol. The number of nitrogens with two attached hydrogens (primary N) is 2. The lowest BCUT2D eigenvalue weighted by molar-refractivity contribution is -0.160. The summed E-state index contributed by atoms with van der Waals surface area (Å²) >= 11 is 0. The van der Waals surface area contributed by atoms with Crippen molar-refractivity contribution in [3.8, 4) is 0 Å². The summed E-state index contributed by atoms with van der Waals surface area (Å²) in [6, 6.07) is -0.711. The molecule has 0 fully saturated rings. The highest BCUT2D eigenvalue weighted by Gasteiger charge is 2.17. The van der Waals surface area contributed by atoms with Gasteiger partial charge in [-0.2, -0.15) is 0 Å². The van der Waals surface area contributed by atoms with Gasteiger partial charge in [-0.3, -0.25) is 4.79 Å². The molecule has 0 rings (SSSR count). The Hall–Kier alpha value is -0.940. The Labute approximate surface area is 90.1 Å². The molecule has 0 spiro atoms. The molecule has 0 saturated heterocycles. The average Bonchev–Trinajstić information content (AvgIpc) is 2.18. The van der Waals surface area contributed by atoms with Crippen LogP contribution in [0.5, 0.6) is 0 Å². The molecule has 0 radical (unpaired) electrons. The van der Waals surface area contributed by atoms with Crippen molar-refractivity contribution in [2.75, 3.05) is 6.54 Å². The third-order valence-electron chi connectivity index (χ3n) is 1.94. The van der Waals surface area contributed by atoms with Gasteiger partial charge in [0.25, 0.3) is 0 Å². The standard InChI is InChI=1S/C10H20N2O3/c1-2-5-9(13)15-10(14)8(12)6-3-4-7-11/h8H,2-7,11-12H2,1H3/t8-/m0/s1. The van der Waals surface area contributed by atoms with Crippen molar-refractivity contribution in [1.29, 1.82) is 0 Å². The number of carbonyl (C=O) groups excluding carboxylic acids is 2. The third-order valence-corrected chi connectivity index (χ3v) is 1.94. The van der Waals surface area contributed by atoms with Gasteiger partial charge in [-0.05, 0) is 25.8 Å². The van der Waals surface area contributed by atoms with Gasteiger partial charge in [0.15, 0.2) is 0 Å². The second-order valence-electron chi connectivity index (χ2n) is 3.43. The molecule has 88 valence electrons. The lowest BCUT2D eigenvalue weighted by Gasteiger charge is -2.09. The number of ether oxygens (including phenoxy) is 1. The van der Waals surface area contributed by atoms with Crippen molar-refractivity contribution in [1.82, 2.24) is 0 Å². The lowest BCUT2D eigenvalue weighted by Crippen LogP contribution is -2.33. The Bertz CT molecular complexity index is 207. The molecule has 0 saturated carbocycles. The Balaban J connectivity index is 3.73. The van der Waals surface area contributed by atoms with Crippen LogP contribution in [0.4, 0.5) is 0 Å². The van der Waals surface area contributed by atoms with Gasteiger partial charge in [0.1, 0.15) is 6.04 Å². The molecule has 0 heterocycles. The Kier molecular flexibility index (Phi) is 7.85. The van der Waals surface area contributed by atoms with Gasteiger partial charge in [-0.1, -0.05) is 13.3 Å². The van der Waals surface area contributed by atoms with Gasteiger partial charge in [-0.25, -0.2) is 4.79 Å². The zero-order valence-electron chi connectivity index (χ0n) is 9.20. The predicted molar refractivity (Wildman–Crippen MR) is 56.9 cm³/mol. The van der Waals surface area contributed by atoms with Crippen molar-refractivity contribution in [3.63, 3.8) is 0 Å². The molecule has 5 heteroatoms. The van der Waals surface area contributed by atoms with Crippen LogP contribution in [0.3, 0.4) is 0 Å². The average molecular weight is 216 g/mol. The molecule has 0 aliphatic rings. The SMILES string of the molecule is CCCC(=O)OC(=O)[C@@H](N)CCCCN. The van der Waals surface area contributed by atoms with E-state index in [9.17, 15) is 9.59 Å².